The Kier molecular flexibility index (Phi) is 1.30. The van der Waals surface area contributed by atoms with Crippen LogP contribution >= 0.6 is 0 Å². The van der Waals surface area contributed by atoms with Gasteiger partial charge in [-0.2, -0.15) is 15.4 Å². The number of nitrogen functional groups attached to an aromatic ring is 1. The van der Waals surface area contributed by atoms with Gasteiger partial charge in [0.15, 0.2) is 0 Å². The van der Waals surface area contributed by atoms with Crippen LogP contribution in [0.5, 0.6) is 0 Å². The molecule has 0 fully saturated rings. The van der Waals surface area contributed by atoms with Crippen molar-refractivity contribution in [3.05, 3.63) is 17.2 Å². The third-order valence-electron chi connectivity index (χ3n) is 2.08. The minimum absolute atomic E-state index is 0.772. The second kappa shape index (κ2) is 2.20. The molecule has 0 saturated heterocycles. The first kappa shape index (κ1) is 7.09. The van der Waals surface area contributed by atoms with E-state index in [0.29, 0.717) is 0 Å². The highest BCUT2D eigenvalue weighted by Gasteiger charge is 2.07. The molecular formula is C8H10N4. The van der Waals surface area contributed by atoms with Crippen molar-refractivity contribution < 1.29 is 0 Å². The molecule has 2 aromatic rings. The van der Waals surface area contributed by atoms with Crippen molar-refractivity contribution in [2.45, 2.75) is 13.8 Å². The Morgan fingerprint density at radius 1 is 1.25 bits per heavy atom. The van der Waals surface area contributed by atoms with Gasteiger partial charge >= 0.3 is 0 Å². The summed E-state index contributed by atoms with van der Waals surface area (Å²) in [7, 11) is 0. The molecule has 0 amide bonds. The molecule has 0 bridgehead atoms. The van der Waals surface area contributed by atoms with E-state index in [0.717, 1.165) is 27.8 Å². The van der Waals surface area contributed by atoms with Gasteiger partial charge < -0.3 is 5.73 Å². The zero-order valence-electron chi connectivity index (χ0n) is 7.05. The molecule has 4 nitrogen and oxygen atoms in total. The van der Waals surface area contributed by atoms with Crippen molar-refractivity contribution in [2.75, 3.05) is 5.73 Å². The molecule has 1 aromatic heterocycles. The van der Waals surface area contributed by atoms with Gasteiger partial charge in [0, 0.05) is 11.3 Å². The van der Waals surface area contributed by atoms with E-state index in [1.165, 1.54) is 0 Å². The normalized spacial score (nSPS) is 10.8. The van der Waals surface area contributed by atoms with Crippen molar-refractivity contribution in [2.24, 2.45) is 0 Å². The highest BCUT2D eigenvalue weighted by Crippen LogP contribution is 2.22. The molecule has 1 aromatic carbocycles. The number of benzene rings is 1. The van der Waals surface area contributed by atoms with Crippen molar-refractivity contribution >= 4 is 16.7 Å². The van der Waals surface area contributed by atoms with E-state index < -0.39 is 0 Å². The Morgan fingerprint density at radius 2 is 1.92 bits per heavy atom. The van der Waals surface area contributed by atoms with Gasteiger partial charge in [-0.1, -0.05) is 0 Å². The van der Waals surface area contributed by atoms with Crippen LogP contribution in [0.25, 0.3) is 11.0 Å². The van der Waals surface area contributed by atoms with Crippen LogP contribution in [0.15, 0.2) is 6.07 Å². The molecular weight excluding hydrogens is 152 g/mol. The van der Waals surface area contributed by atoms with Crippen LogP contribution in [0.3, 0.4) is 0 Å². The third kappa shape index (κ3) is 0.777. The predicted octanol–water partition coefficient (Wildman–Crippen LogP) is 1.16. The molecule has 3 N–H and O–H groups in total. The number of hydrogen-bond acceptors (Lipinski definition) is 3. The van der Waals surface area contributed by atoms with E-state index in [1.807, 2.05) is 19.9 Å². The largest absolute Gasteiger partial charge is 0.398 e. The van der Waals surface area contributed by atoms with Gasteiger partial charge in [-0.3, -0.25) is 0 Å². The maximum Gasteiger partial charge on any atom is 0.118 e. The van der Waals surface area contributed by atoms with Gasteiger partial charge in [-0.05, 0) is 25.5 Å². The lowest BCUT2D eigenvalue weighted by Crippen LogP contribution is -1.92. The van der Waals surface area contributed by atoms with E-state index in [-0.39, 0.29) is 0 Å². The molecule has 0 atom stereocenters. The lowest BCUT2D eigenvalue weighted by atomic mass is 10.1. The second-order valence-electron chi connectivity index (χ2n) is 2.93. The van der Waals surface area contributed by atoms with Crippen molar-refractivity contribution in [3.63, 3.8) is 0 Å². The van der Waals surface area contributed by atoms with Gasteiger partial charge in [0.25, 0.3) is 0 Å². The summed E-state index contributed by atoms with van der Waals surface area (Å²) in [5, 5.41) is 10.6. The number of H-pyrrole nitrogens is 1. The van der Waals surface area contributed by atoms with Crippen molar-refractivity contribution in [3.8, 4) is 0 Å². The topological polar surface area (TPSA) is 67.6 Å². The number of aryl methyl sites for hydroxylation is 2. The number of fused-ring (bicyclic) bond motifs is 1. The summed E-state index contributed by atoms with van der Waals surface area (Å²) in [5.74, 6) is 0. The number of nitrogens with one attached hydrogen (secondary N) is 1. The van der Waals surface area contributed by atoms with E-state index in [1.54, 1.807) is 0 Å². The molecule has 12 heavy (non-hydrogen) atoms. The lowest BCUT2D eigenvalue weighted by molar-refractivity contribution is 0.957. The zero-order chi connectivity index (χ0) is 8.72. The van der Waals surface area contributed by atoms with E-state index in [2.05, 4.69) is 15.4 Å². The SMILES string of the molecule is Cc1cc(N)c(C)c2n[nH]nc12. The van der Waals surface area contributed by atoms with Crippen LogP contribution < -0.4 is 5.73 Å². The zero-order valence-corrected chi connectivity index (χ0v) is 7.05. The van der Waals surface area contributed by atoms with Crippen molar-refractivity contribution in [1.82, 2.24) is 15.4 Å². The van der Waals surface area contributed by atoms with Gasteiger partial charge in [-0.25, -0.2) is 0 Å². The fraction of sp³-hybridized carbons (Fsp3) is 0.250. The van der Waals surface area contributed by atoms with Gasteiger partial charge in [-0.15, -0.1) is 0 Å². The van der Waals surface area contributed by atoms with E-state index in [9.17, 15) is 0 Å². The standard InChI is InChI=1S/C8H10N4/c1-4-3-6(9)5(2)8-7(4)10-12-11-8/h3H,9H2,1-2H3,(H,10,11,12). The fourth-order valence-electron chi connectivity index (χ4n) is 1.31. The summed E-state index contributed by atoms with van der Waals surface area (Å²) >= 11 is 0. The molecule has 0 aliphatic carbocycles. The van der Waals surface area contributed by atoms with Crippen LogP contribution in [-0.2, 0) is 0 Å². The van der Waals surface area contributed by atoms with Crippen LogP contribution in [0.1, 0.15) is 11.1 Å². The van der Waals surface area contributed by atoms with Crippen LogP contribution in [-0.4, -0.2) is 15.4 Å². The lowest BCUT2D eigenvalue weighted by Gasteiger charge is -2.01. The number of aromatic nitrogens is 3. The summed E-state index contributed by atoms with van der Waals surface area (Å²) in [5.41, 5.74) is 10.4. The molecule has 4 heteroatoms. The molecule has 0 aliphatic rings. The summed E-state index contributed by atoms with van der Waals surface area (Å²) in [6, 6.07) is 1.92. The maximum atomic E-state index is 5.76. The first-order chi connectivity index (χ1) is 5.70. The highest BCUT2D eigenvalue weighted by atomic mass is 15.3. The summed E-state index contributed by atoms with van der Waals surface area (Å²) in [6.07, 6.45) is 0. The number of anilines is 1. The molecule has 1 heterocycles. The first-order valence-electron chi connectivity index (χ1n) is 3.76. The van der Waals surface area contributed by atoms with Crippen LogP contribution in [0.2, 0.25) is 0 Å². The Morgan fingerprint density at radius 3 is 2.67 bits per heavy atom. The Labute approximate surface area is 69.8 Å². The van der Waals surface area contributed by atoms with Gasteiger partial charge in [0.1, 0.15) is 11.0 Å². The highest BCUT2D eigenvalue weighted by molar-refractivity contribution is 5.85. The molecule has 0 spiro atoms. The average molecular weight is 162 g/mol. The molecule has 62 valence electrons. The maximum absolute atomic E-state index is 5.76. The fourth-order valence-corrected chi connectivity index (χ4v) is 1.31. The minimum Gasteiger partial charge on any atom is -0.398 e. The molecule has 0 aliphatic heterocycles. The Balaban J connectivity index is 2.97. The van der Waals surface area contributed by atoms with E-state index >= 15 is 0 Å². The Hall–Kier alpha value is -1.58. The third-order valence-corrected chi connectivity index (χ3v) is 2.08. The van der Waals surface area contributed by atoms with E-state index in [4.69, 9.17) is 5.73 Å². The number of rotatable bonds is 0. The number of nitrogens with zero attached hydrogens (tertiary/aromatic N) is 2. The number of aromatic amines is 1. The second-order valence-corrected chi connectivity index (χ2v) is 2.93. The van der Waals surface area contributed by atoms with Crippen LogP contribution in [0.4, 0.5) is 5.69 Å². The quantitative estimate of drug-likeness (QED) is 0.571. The molecule has 0 saturated carbocycles. The number of nitrogens with two attached hydrogens (primary N) is 1. The molecule has 0 unspecified atom stereocenters. The van der Waals surface area contributed by atoms with Crippen LogP contribution in [0, 0.1) is 13.8 Å². The molecule has 2 rings (SSSR count). The monoisotopic (exact) mass is 162 g/mol. The average Bonchev–Trinajstić information content (AvgIpc) is 2.48. The Bertz CT molecular complexity index is 430. The van der Waals surface area contributed by atoms with Gasteiger partial charge in [0.2, 0.25) is 0 Å². The minimum atomic E-state index is 0.772. The summed E-state index contributed by atoms with van der Waals surface area (Å²) in [4.78, 5) is 0. The predicted molar refractivity (Wildman–Crippen MR) is 47.8 cm³/mol. The first-order valence-corrected chi connectivity index (χ1v) is 3.76. The van der Waals surface area contributed by atoms with Gasteiger partial charge in [0.05, 0.1) is 0 Å². The smallest absolute Gasteiger partial charge is 0.118 e. The number of hydrogen-bond donors (Lipinski definition) is 2. The summed E-state index contributed by atoms with van der Waals surface area (Å²) in [6.45, 7) is 3.92. The van der Waals surface area contributed by atoms with Crippen molar-refractivity contribution in [1.29, 1.82) is 0 Å². The molecule has 0 radical (unpaired) electrons. The summed E-state index contributed by atoms with van der Waals surface area (Å²) < 4.78 is 0.